The van der Waals surface area contributed by atoms with Crippen LogP contribution in [0.15, 0.2) is 18.2 Å². The van der Waals surface area contributed by atoms with Crippen LogP contribution in [0.1, 0.15) is 61.9 Å². The fraction of sp³-hybridized carbons (Fsp3) is 0.588. The predicted octanol–water partition coefficient (Wildman–Crippen LogP) is 4.30. The average molecular weight is 258 g/mol. The van der Waals surface area contributed by atoms with Crippen LogP contribution in [0, 0.1) is 12.3 Å². The maximum Gasteiger partial charge on any atom is 0.170 e. The lowest BCUT2D eigenvalue weighted by Gasteiger charge is -2.45. The molecule has 0 amide bonds. The number of ether oxygens (including phenoxy) is 1. The van der Waals surface area contributed by atoms with Crippen LogP contribution in [0.4, 0.5) is 0 Å². The molecule has 102 valence electrons. The highest BCUT2D eigenvalue weighted by atomic mass is 16.5. The van der Waals surface area contributed by atoms with E-state index in [1.807, 2.05) is 25.1 Å². The summed E-state index contributed by atoms with van der Waals surface area (Å²) in [7, 11) is 0. The second-order valence-corrected chi connectivity index (χ2v) is 7.05. The second kappa shape index (κ2) is 4.09. The zero-order chi connectivity index (χ0) is 13.7. The molecule has 0 atom stereocenters. The maximum atomic E-state index is 12.4. The quantitative estimate of drug-likeness (QED) is 0.693. The number of benzene rings is 1. The largest absolute Gasteiger partial charge is 0.486 e. The van der Waals surface area contributed by atoms with Gasteiger partial charge in [0.05, 0.1) is 12.0 Å². The average Bonchev–Trinajstić information content (AvgIpc) is 2.35. The van der Waals surface area contributed by atoms with Crippen LogP contribution >= 0.6 is 0 Å². The van der Waals surface area contributed by atoms with Crippen LogP contribution in [0.5, 0.6) is 5.75 Å². The molecular formula is C17H22O2. The third-order valence-corrected chi connectivity index (χ3v) is 4.76. The summed E-state index contributed by atoms with van der Waals surface area (Å²) in [5, 5.41) is 0. The van der Waals surface area contributed by atoms with Gasteiger partial charge >= 0.3 is 0 Å². The minimum absolute atomic E-state index is 0.227. The normalized spacial score (nSPS) is 23.8. The van der Waals surface area contributed by atoms with Crippen LogP contribution in [-0.2, 0) is 0 Å². The summed E-state index contributed by atoms with van der Waals surface area (Å²) in [4.78, 5) is 12.4. The molecule has 2 heteroatoms. The summed E-state index contributed by atoms with van der Waals surface area (Å²) in [6.45, 7) is 6.63. The molecule has 1 aromatic rings. The van der Waals surface area contributed by atoms with E-state index in [9.17, 15) is 4.79 Å². The highest BCUT2D eigenvalue weighted by Crippen LogP contribution is 2.47. The van der Waals surface area contributed by atoms with Crippen LogP contribution in [0.25, 0.3) is 0 Å². The Morgan fingerprint density at radius 3 is 2.47 bits per heavy atom. The van der Waals surface area contributed by atoms with Gasteiger partial charge in [0.2, 0.25) is 0 Å². The van der Waals surface area contributed by atoms with Crippen molar-refractivity contribution in [1.82, 2.24) is 0 Å². The van der Waals surface area contributed by atoms with Crippen LogP contribution in [0.2, 0.25) is 0 Å². The summed E-state index contributed by atoms with van der Waals surface area (Å²) in [6, 6.07) is 5.94. The van der Waals surface area contributed by atoms with Gasteiger partial charge in [0.1, 0.15) is 11.4 Å². The van der Waals surface area contributed by atoms with Gasteiger partial charge in [0.15, 0.2) is 5.78 Å². The number of carbonyl (C=O) groups excluding carboxylic acids is 1. The Morgan fingerprint density at radius 2 is 1.79 bits per heavy atom. The fourth-order valence-corrected chi connectivity index (χ4v) is 3.27. The first-order valence-electron chi connectivity index (χ1n) is 7.22. The van der Waals surface area contributed by atoms with Crippen LogP contribution in [-0.4, -0.2) is 11.4 Å². The Kier molecular flexibility index (Phi) is 2.74. The number of carbonyl (C=O) groups is 1. The first-order chi connectivity index (χ1) is 8.89. The van der Waals surface area contributed by atoms with Gasteiger partial charge in [-0.1, -0.05) is 25.5 Å². The fourth-order valence-electron chi connectivity index (χ4n) is 3.27. The molecule has 2 nitrogen and oxygen atoms in total. The van der Waals surface area contributed by atoms with E-state index in [-0.39, 0.29) is 11.4 Å². The highest BCUT2D eigenvalue weighted by Gasteiger charge is 2.44. The lowest BCUT2D eigenvalue weighted by atomic mass is 9.68. The smallest absolute Gasteiger partial charge is 0.170 e. The van der Waals surface area contributed by atoms with E-state index < -0.39 is 0 Å². The van der Waals surface area contributed by atoms with E-state index in [1.54, 1.807) is 0 Å². The summed E-state index contributed by atoms with van der Waals surface area (Å²) in [5.41, 5.74) is 2.06. The molecule has 1 saturated carbocycles. The maximum absolute atomic E-state index is 12.4. The molecule has 1 heterocycles. The Balaban J connectivity index is 1.89. The van der Waals surface area contributed by atoms with E-state index in [0.717, 1.165) is 42.6 Å². The van der Waals surface area contributed by atoms with Gasteiger partial charge in [-0.3, -0.25) is 4.79 Å². The van der Waals surface area contributed by atoms with E-state index >= 15 is 0 Å². The van der Waals surface area contributed by atoms with Crippen molar-refractivity contribution in [2.24, 2.45) is 5.41 Å². The van der Waals surface area contributed by atoms with Gasteiger partial charge in [0.25, 0.3) is 0 Å². The third-order valence-electron chi connectivity index (χ3n) is 4.76. The molecule has 1 spiro atoms. The van der Waals surface area contributed by atoms with Gasteiger partial charge in [-0.25, -0.2) is 0 Å². The summed E-state index contributed by atoms with van der Waals surface area (Å²) < 4.78 is 6.26. The van der Waals surface area contributed by atoms with E-state index in [0.29, 0.717) is 11.8 Å². The molecule has 0 saturated heterocycles. The zero-order valence-electron chi connectivity index (χ0n) is 12.1. The number of Topliss-reactive ketones (excluding diaryl/α,β-unsaturated/α-hetero) is 1. The van der Waals surface area contributed by atoms with Gasteiger partial charge < -0.3 is 4.74 Å². The molecule has 2 aliphatic rings. The molecule has 0 unspecified atom stereocenters. The Hall–Kier alpha value is -1.31. The van der Waals surface area contributed by atoms with E-state index in [4.69, 9.17) is 4.74 Å². The van der Waals surface area contributed by atoms with Crippen molar-refractivity contribution in [3.8, 4) is 5.75 Å². The summed E-state index contributed by atoms with van der Waals surface area (Å²) >= 11 is 0. The molecule has 1 aliphatic carbocycles. The van der Waals surface area contributed by atoms with Crippen molar-refractivity contribution in [3.63, 3.8) is 0 Å². The van der Waals surface area contributed by atoms with Crippen molar-refractivity contribution in [1.29, 1.82) is 0 Å². The molecule has 1 aliphatic heterocycles. The van der Waals surface area contributed by atoms with Crippen LogP contribution < -0.4 is 4.74 Å². The van der Waals surface area contributed by atoms with Gasteiger partial charge in [0, 0.05) is 0 Å². The predicted molar refractivity (Wildman–Crippen MR) is 75.7 cm³/mol. The monoisotopic (exact) mass is 258 g/mol. The SMILES string of the molecule is Cc1ccc2c(c1)C(=O)CC1(CCC(C)(C)CC1)O2. The van der Waals surface area contributed by atoms with Gasteiger partial charge in [-0.05, 0) is 50.2 Å². The van der Waals surface area contributed by atoms with Crippen molar-refractivity contribution in [3.05, 3.63) is 29.3 Å². The lowest BCUT2D eigenvalue weighted by Crippen LogP contribution is -2.46. The third kappa shape index (κ3) is 2.29. The molecule has 3 rings (SSSR count). The Bertz CT molecular complexity index is 518. The minimum atomic E-state index is -0.227. The summed E-state index contributed by atoms with van der Waals surface area (Å²) in [5.74, 6) is 1.05. The minimum Gasteiger partial charge on any atom is -0.486 e. The number of aryl methyl sites for hydroxylation is 1. The molecule has 0 aromatic heterocycles. The zero-order valence-corrected chi connectivity index (χ0v) is 12.1. The second-order valence-electron chi connectivity index (χ2n) is 7.05. The van der Waals surface area contributed by atoms with E-state index in [1.165, 1.54) is 0 Å². The number of fused-ring (bicyclic) bond motifs is 1. The molecule has 1 aromatic carbocycles. The van der Waals surface area contributed by atoms with Crippen molar-refractivity contribution < 1.29 is 9.53 Å². The number of rotatable bonds is 0. The van der Waals surface area contributed by atoms with Gasteiger partial charge in [-0.15, -0.1) is 0 Å². The summed E-state index contributed by atoms with van der Waals surface area (Å²) in [6.07, 6.45) is 4.83. The Labute approximate surface area is 115 Å². The topological polar surface area (TPSA) is 26.3 Å². The van der Waals surface area contributed by atoms with E-state index in [2.05, 4.69) is 13.8 Å². The number of ketones is 1. The standard InChI is InChI=1S/C17H22O2/c1-12-4-5-15-13(10-12)14(18)11-17(19-15)8-6-16(2,3)7-9-17/h4-5,10H,6-9,11H2,1-3H3. The van der Waals surface area contributed by atoms with Crippen molar-refractivity contribution in [2.75, 3.05) is 0 Å². The first kappa shape index (κ1) is 12.7. The molecule has 1 fully saturated rings. The Morgan fingerprint density at radius 1 is 1.11 bits per heavy atom. The first-order valence-corrected chi connectivity index (χ1v) is 7.22. The number of hydrogen-bond donors (Lipinski definition) is 0. The van der Waals surface area contributed by atoms with Crippen molar-refractivity contribution >= 4 is 5.78 Å². The molecular weight excluding hydrogens is 236 g/mol. The molecule has 0 radical (unpaired) electrons. The van der Waals surface area contributed by atoms with Crippen LogP contribution in [0.3, 0.4) is 0 Å². The molecule has 0 N–H and O–H groups in total. The highest BCUT2D eigenvalue weighted by molar-refractivity contribution is 6.00. The molecule has 0 bridgehead atoms. The number of hydrogen-bond acceptors (Lipinski definition) is 2. The van der Waals surface area contributed by atoms with Crippen molar-refractivity contribution in [2.45, 2.75) is 58.5 Å². The lowest BCUT2D eigenvalue weighted by molar-refractivity contribution is -0.0130. The molecule has 19 heavy (non-hydrogen) atoms. The van der Waals surface area contributed by atoms with Gasteiger partial charge in [-0.2, -0.15) is 0 Å².